The van der Waals surface area contributed by atoms with E-state index in [0.29, 0.717) is 0 Å². The van der Waals surface area contributed by atoms with E-state index in [2.05, 4.69) is 23.1 Å². The summed E-state index contributed by atoms with van der Waals surface area (Å²) in [6.45, 7) is 6.33. The lowest BCUT2D eigenvalue weighted by Crippen LogP contribution is -2.24. The molecule has 0 fully saturated rings. The average Bonchev–Trinajstić information content (AvgIpc) is 2.21. The average molecular weight is 196 g/mol. The Bertz CT molecular complexity index is 149. The number of nitrogens with zero attached hydrogens (tertiary/aromatic N) is 1. The normalized spacial score (nSPS) is 10.4. The van der Waals surface area contributed by atoms with Gasteiger partial charge in [-0.15, -0.1) is 6.42 Å². The number of terminal acetylenes is 1. The Kier molecular flexibility index (Phi) is 10.2. The van der Waals surface area contributed by atoms with Gasteiger partial charge in [0.15, 0.2) is 0 Å². The van der Waals surface area contributed by atoms with Crippen LogP contribution in [0.2, 0.25) is 0 Å². The van der Waals surface area contributed by atoms with Gasteiger partial charge in [-0.25, -0.2) is 0 Å². The summed E-state index contributed by atoms with van der Waals surface area (Å²) >= 11 is 0. The molecule has 14 heavy (non-hydrogen) atoms. The first-order valence-electron chi connectivity index (χ1n) is 5.65. The van der Waals surface area contributed by atoms with Gasteiger partial charge in [0, 0.05) is 0 Å². The molecule has 0 atom stereocenters. The van der Waals surface area contributed by atoms with Crippen molar-refractivity contribution in [2.45, 2.75) is 32.6 Å². The van der Waals surface area contributed by atoms with E-state index in [9.17, 15) is 0 Å². The highest BCUT2D eigenvalue weighted by Gasteiger charge is 1.98. The molecule has 0 aromatic heterocycles. The van der Waals surface area contributed by atoms with Crippen molar-refractivity contribution in [3.63, 3.8) is 0 Å². The number of nitrogens with one attached hydrogen (secondary N) is 1. The van der Waals surface area contributed by atoms with Gasteiger partial charge in [-0.3, -0.25) is 4.90 Å². The molecule has 0 aliphatic heterocycles. The van der Waals surface area contributed by atoms with Gasteiger partial charge in [0.2, 0.25) is 0 Å². The van der Waals surface area contributed by atoms with Crippen molar-refractivity contribution in [2.24, 2.45) is 0 Å². The molecule has 0 aromatic carbocycles. The van der Waals surface area contributed by atoms with Gasteiger partial charge >= 0.3 is 0 Å². The van der Waals surface area contributed by atoms with Crippen molar-refractivity contribution in [3.8, 4) is 12.3 Å². The standard InChI is InChI=1S/C12H24N2/c1-4-11-14(5-2)12-9-7-6-8-10-13-3/h1,13H,5-12H2,2-3H3. The zero-order valence-corrected chi connectivity index (χ0v) is 9.68. The van der Waals surface area contributed by atoms with Gasteiger partial charge in [-0.05, 0) is 39.5 Å². The Hall–Kier alpha value is -0.520. The molecule has 0 aliphatic rings. The summed E-state index contributed by atoms with van der Waals surface area (Å²) in [6, 6.07) is 0. The maximum absolute atomic E-state index is 5.28. The lowest BCUT2D eigenvalue weighted by molar-refractivity contribution is 0.314. The molecule has 0 bridgehead atoms. The first-order valence-corrected chi connectivity index (χ1v) is 5.65. The SMILES string of the molecule is C#CCN(CC)CCCCCCNC. The van der Waals surface area contributed by atoms with Crippen molar-refractivity contribution >= 4 is 0 Å². The van der Waals surface area contributed by atoms with Crippen LogP contribution in [0.15, 0.2) is 0 Å². The van der Waals surface area contributed by atoms with E-state index in [1.807, 2.05) is 7.05 Å². The van der Waals surface area contributed by atoms with Crippen LogP contribution in [0.3, 0.4) is 0 Å². The molecular weight excluding hydrogens is 172 g/mol. The van der Waals surface area contributed by atoms with Crippen molar-refractivity contribution in [1.82, 2.24) is 10.2 Å². The molecule has 0 amide bonds. The fourth-order valence-corrected chi connectivity index (χ4v) is 1.47. The number of unbranched alkanes of at least 4 members (excludes halogenated alkanes) is 3. The van der Waals surface area contributed by atoms with Crippen molar-refractivity contribution < 1.29 is 0 Å². The molecule has 0 spiro atoms. The van der Waals surface area contributed by atoms with Gasteiger partial charge in [0.1, 0.15) is 0 Å². The summed E-state index contributed by atoms with van der Waals surface area (Å²) in [5.74, 6) is 2.70. The molecule has 0 unspecified atom stereocenters. The van der Waals surface area contributed by atoms with Crippen LogP contribution in [0, 0.1) is 12.3 Å². The predicted molar refractivity (Wildman–Crippen MR) is 63.3 cm³/mol. The monoisotopic (exact) mass is 196 g/mol. The van der Waals surface area contributed by atoms with Crippen LogP contribution in [0.4, 0.5) is 0 Å². The van der Waals surface area contributed by atoms with Crippen LogP contribution in [0.1, 0.15) is 32.6 Å². The molecule has 0 radical (unpaired) electrons. The van der Waals surface area contributed by atoms with E-state index in [-0.39, 0.29) is 0 Å². The predicted octanol–water partition coefficient (Wildman–Crippen LogP) is 1.72. The van der Waals surface area contributed by atoms with Gasteiger partial charge in [-0.2, -0.15) is 0 Å². The van der Waals surface area contributed by atoms with Gasteiger partial charge in [0.25, 0.3) is 0 Å². The molecular formula is C12H24N2. The van der Waals surface area contributed by atoms with E-state index in [1.54, 1.807) is 0 Å². The molecule has 2 nitrogen and oxygen atoms in total. The van der Waals surface area contributed by atoms with Crippen LogP contribution < -0.4 is 5.32 Å². The lowest BCUT2D eigenvalue weighted by Gasteiger charge is -2.16. The summed E-state index contributed by atoms with van der Waals surface area (Å²) < 4.78 is 0. The van der Waals surface area contributed by atoms with Crippen LogP contribution in [-0.4, -0.2) is 38.1 Å². The number of hydrogen-bond donors (Lipinski definition) is 1. The first kappa shape index (κ1) is 13.5. The van der Waals surface area contributed by atoms with Crippen LogP contribution >= 0.6 is 0 Å². The van der Waals surface area contributed by atoms with Gasteiger partial charge in [-0.1, -0.05) is 25.7 Å². The summed E-state index contributed by atoms with van der Waals surface area (Å²) in [6.07, 6.45) is 10.5. The highest BCUT2D eigenvalue weighted by molar-refractivity contribution is 4.87. The van der Waals surface area contributed by atoms with Gasteiger partial charge < -0.3 is 5.32 Å². The van der Waals surface area contributed by atoms with Crippen LogP contribution in [-0.2, 0) is 0 Å². The summed E-state index contributed by atoms with van der Waals surface area (Å²) in [5, 5.41) is 3.16. The third-order valence-corrected chi connectivity index (χ3v) is 2.41. The molecule has 1 N–H and O–H groups in total. The second-order valence-corrected chi connectivity index (χ2v) is 3.59. The van der Waals surface area contributed by atoms with Crippen LogP contribution in [0.5, 0.6) is 0 Å². The second-order valence-electron chi connectivity index (χ2n) is 3.59. The van der Waals surface area contributed by atoms with E-state index >= 15 is 0 Å². The minimum absolute atomic E-state index is 0.799. The molecule has 0 saturated heterocycles. The zero-order chi connectivity index (χ0) is 10.6. The quantitative estimate of drug-likeness (QED) is 0.446. The zero-order valence-electron chi connectivity index (χ0n) is 9.68. The molecule has 0 saturated carbocycles. The van der Waals surface area contributed by atoms with E-state index in [0.717, 1.165) is 26.2 Å². The molecule has 0 heterocycles. The largest absolute Gasteiger partial charge is 0.320 e. The van der Waals surface area contributed by atoms with Gasteiger partial charge in [0.05, 0.1) is 6.54 Å². The molecule has 82 valence electrons. The van der Waals surface area contributed by atoms with E-state index < -0.39 is 0 Å². The maximum atomic E-state index is 5.28. The third-order valence-electron chi connectivity index (χ3n) is 2.41. The minimum atomic E-state index is 0.799. The number of hydrogen-bond acceptors (Lipinski definition) is 2. The third kappa shape index (κ3) is 8.10. The minimum Gasteiger partial charge on any atom is -0.320 e. The highest BCUT2D eigenvalue weighted by Crippen LogP contribution is 2.00. The van der Waals surface area contributed by atoms with Crippen LogP contribution in [0.25, 0.3) is 0 Å². The van der Waals surface area contributed by atoms with Crippen molar-refractivity contribution in [3.05, 3.63) is 0 Å². The van der Waals surface area contributed by atoms with Crippen molar-refractivity contribution in [1.29, 1.82) is 0 Å². The second kappa shape index (κ2) is 10.6. The van der Waals surface area contributed by atoms with E-state index in [1.165, 1.54) is 25.7 Å². The molecule has 0 rings (SSSR count). The highest BCUT2D eigenvalue weighted by atomic mass is 15.1. The lowest BCUT2D eigenvalue weighted by atomic mass is 10.2. The first-order chi connectivity index (χ1) is 6.85. The smallest absolute Gasteiger partial charge is 0.0598 e. The Balaban J connectivity index is 3.21. The number of rotatable bonds is 9. The Morgan fingerprint density at radius 1 is 1.21 bits per heavy atom. The summed E-state index contributed by atoms with van der Waals surface area (Å²) in [4.78, 5) is 2.32. The van der Waals surface area contributed by atoms with E-state index in [4.69, 9.17) is 6.42 Å². The molecule has 0 aromatic rings. The molecule has 2 heteroatoms. The Morgan fingerprint density at radius 3 is 2.50 bits per heavy atom. The topological polar surface area (TPSA) is 15.3 Å². The maximum Gasteiger partial charge on any atom is 0.0598 e. The molecule has 0 aliphatic carbocycles. The fraction of sp³-hybridized carbons (Fsp3) is 0.833. The Labute approximate surface area is 89.1 Å². The Morgan fingerprint density at radius 2 is 1.93 bits per heavy atom. The van der Waals surface area contributed by atoms with Crippen molar-refractivity contribution in [2.75, 3.05) is 33.2 Å². The fourth-order valence-electron chi connectivity index (χ4n) is 1.47. The summed E-state index contributed by atoms with van der Waals surface area (Å²) in [5.41, 5.74) is 0. The summed E-state index contributed by atoms with van der Waals surface area (Å²) in [7, 11) is 2.01.